The van der Waals surface area contributed by atoms with E-state index in [9.17, 15) is 0 Å². The van der Waals surface area contributed by atoms with Crippen LogP contribution in [0.2, 0.25) is 0 Å². The quantitative estimate of drug-likeness (QED) is 0.363. The number of aliphatic imine (C=N–C) groups is 1. The lowest BCUT2D eigenvalue weighted by Gasteiger charge is -2.06. The van der Waals surface area contributed by atoms with E-state index >= 15 is 0 Å². The molecule has 1 heterocycles. The molecule has 0 saturated carbocycles. The smallest absolute Gasteiger partial charge is 0.146 e. The van der Waals surface area contributed by atoms with Gasteiger partial charge >= 0.3 is 0 Å². The van der Waals surface area contributed by atoms with Crippen molar-refractivity contribution in [3.05, 3.63) is 71.8 Å². The van der Waals surface area contributed by atoms with Gasteiger partial charge in [0, 0.05) is 30.8 Å². The molecule has 0 unspecified atom stereocenters. The van der Waals surface area contributed by atoms with E-state index in [0.717, 1.165) is 73.7 Å². The zero-order valence-electron chi connectivity index (χ0n) is 16.6. The van der Waals surface area contributed by atoms with Crippen LogP contribution >= 0.6 is 0 Å². The summed E-state index contributed by atoms with van der Waals surface area (Å²) in [5.74, 6) is 0.921. The highest BCUT2D eigenvalue weighted by atomic mass is 16.7. The van der Waals surface area contributed by atoms with Gasteiger partial charge in [-0.05, 0) is 19.3 Å². The van der Waals surface area contributed by atoms with Crippen molar-refractivity contribution in [1.82, 2.24) is 5.32 Å². The summed E-state index contributed by atoms with van der Waals surface area (Å²) in [4.78, 5) is 4.86. The summed E-state index contributed by atoms with van der Waals surface area (Å²) in [7, 11) is 0. The van der Waals surface area contributed by atoms with E-state index in [1.807, 2.05) is 36.4 Å². The molecular formula is C24H29N2O2. The molecule has 3 rings (SSSR count). The number of hydrogen-bond acceptors (Lipinski definition) is 3. The van der Waals surface area contributed by atoms with Gasteiger partial charge in [0.05, 0.1) is 11.4 Å². The maximum absolute atomic E-state index is 5.47. The van der Waals surface area contributed by atoms with Crippen molar-refractivity contribution in [2.75, 3.05) is 20.0 Å². The Balaban J connectivity index is 1.51. The molecule has 4 nitrogen and oxygen atoms in total. The minimum atomic E-state index is 0.403. The minimum absolute atomic E-state index is 0.403. The fourth-order valence-corrected chi connectivity index (χ4v) is 3.08. The number of unbranched alkanes of at least 4 members (excludes halogenated alkanes) is 2. The summed E-state index contributed by atoms with van der Waals surface area (Å²) in [5.41, 5.74) is 4.16. The molecule has 2 aromatic carbocycles. The Bertz CT molecular complexity index is 770. The molecule has 0 saturated heterocycles. The molecule has 0 fully saturated rings. The van der Waals surface area contributed by atoms with Crippen molar-refractivity contribution in [3.63, 3.8) is 0 Å². The lowest BCUT2D eigenvalue weighted by molar-refractivity contribution is -0.0543. The van der Waals surface area contributed by atoms with Gasteiger partial charge in [0.15, 0.2) is 0 Å². The Morgan fingerprint density at radius 3 is 2.04 bits per heavy atom. The largest absolute Gasteiger partial charge is 0.355 e. The highest BCUT2D eigenvalue weighted by Crippen LogP contribution is 2.31. The number of benzene rings is 2. The highest BCUT2D eigenvalue weighted by Gasteiger charge is 2.21. The summed E-state index contributed by atoms with van der Waals surface area (Å²) in [6.45, 7) is 4.01. The molecule has 0 bridgehead atoms. The van der Waals surface area contributed by atoms with Crippen LogP contribution in [0.1, 0.15) is 50.2 Å². The van der Waals surface area contributed by atoms with Gasteiger partial charge in [-0.1, -0.05) is 74.0 Å². The van der Waals surface area contributed by atoms with Crippen molar-refractivity contribution >= 4 is 17.2 Å². The van der Waals surface area contributed by atoms with Crippen molar-refractivity contribution in [2.45, 2.75) is 39.0 Å². The Labute approximate surface area is 168 Å². The number of ether oxygens (including phenoxy) is 2. The lowest BCUT2D eigenvalue weighted by Crippen LogP contribution is -2.10. The maximum atomic E-state index is 5.47. The zero-order chi connectivity index (χ0) is 19.4. The predicted molar refractivity (Wildman–Crippen MR) is 115 cm³/mol. The average molecular weight is 378 g/mol. The second kappa shape index (κ2) is 11.4. The summed E-state index contributed by atoms with van der Waals surface area (Å²) in [6.07, 6.45) is 5.11. The van der Waals surface area contributed by atoms with Gasteiger partial charge in [-0.25, -0.2) is 10.3 Å². The Morgan fingerprint density at radius 2 is 1.36 bits per heavy atom. The minimum Gasteiger partial charge on any atom is -0.355 e. The Kier molecular flexibility index (Phi) is 8.28. The zero-order valence-corrected chi connectivity index (χ0v) is 16.6. The van der Waals surface area contributed by atoms with Crippen LogP contribution in [0, 0.1) is 0 Å². The van der Waals surface area contributed by atoms with Crippen molar-refractivity contribution in [3.8, 4) is 0 Å². The molecule has 0 aliphatic carbocycles. The number of nitrogens with zero attached hydrogens (tertiary/aromatic N) is 2. The molecule has 147 valence electrons. The predicted octanol–water partition coefficient (Wildman–Crippen LogP) is 5.49. The van der Waals surface area contributed by atoms with Crippen LogP contribution in [-0.2, 0) is 9.47 Å². The molecule has 4 heteroatoms. The molecule has 0 amide bonds. The third-order valence-electron chi connectivity index (χ3n) is 4.50. The first-order valence-electron chi connectivity index (χ1n) is 10.2. The summed E-state index contributed by atoms with van der Waals surface area (Å²) in [6, 6.07) is 20.6. The molecule has 0 aromatic heterocycles. The second-order valence-electron chi connectivity index (χ2n) is 6.81. The summed E-state index contributed by atoms with van der Waals surface area (Å²) < 4.78 is 10.8. The molecular weight excluding hydrogens is 348 g/mol. The topological polar surface area (TPSA) is 44.9 Å². The molecule has 1 radical (unpaired) electrons. The lowest BCUT2D eigenvalue weighted by atomic mass is 10.1. The van der Waals surface area contributed by atoms with Gasteiger partial charge < -0.3 is 9.47 Å². The van der Waals surface area contributed by atoms with Crippen LogP contribution in [0.4, 0.5) is 0 Å². The fourth-order valence-electron chi connectivity index (χ4n) is 3.08. The number of amidine groups is 1. The average Bonchev–Trinajstić information content (AvgIpc) is 3.18. The van der Waals surface area contributed by atoms with E-state index in [4.69, 9.17) is 19.8 Å². The van der Waals surface area contributed by atoms with Gasteiger partial charge in [-0.3, -0.25) is 0 Å². The van der Waals surface area contributed by atoms with E-state index in [1.165, 1.54) is 0 Å². The van der Waals surface area contributed by atoms with Crippen LogP contribution in [0.25, 0.3) is 11.4 Å². The Hall–Kier alpha value is -2.43. The van der Waals surface area contributed by atoms with Gasteiger partial charge in [-0.2, -0.15) is 0 Å². The van der Waals surface area contributed by atoms with Crippen LogP contribution in [-0.4, -0.2) is 25.8 Å². The first-order valence-corrected chi connectivity index (χ1v) is 10.2. The Morgan fingerprint density at radius 1 is 0.714 bits per heavy atom. The SMILES string of the molecule is CCCOCOCCCCCC1=NC(c2ccccc2)=C(c2ccccc2)[N]1. The number of rotatable bonds is 12. The molecule has 1 aliphatic rings. The monoisotopic (exact) mass is 377 g/mol. The number of hydrogen-bond donors (Lipinski definition) is 0. The highest BCUT2D eigenvalue weighted by molar-refractivity contribution is 6.07. The van der Waals surface area contributed by atoms with E-state index < -0.39 is 0 Å². The third-order valence-corrected chi connectivity index (χ3v) is 4.50. The molecule has 0 N–H and O–H groups in total. The van der Waals surface area contributed by atoms with Crippen molar-refractivity contribution < 1.29 is 9.47 Å². The summed E-state index contributed by atoms with van der Waals surface area (Å²) >= 11 is 0. The van der Waals surface area contributed by atoms with Gasteiger partial charge in [-0.15, -0.1) is 0 Å². The van der Waals surface area contributed by atoms with Crippen LogP contribution < -0.4 is 5.32 Å². The third kappa shape index (κ3) is 6.04. The van der Waals surface area contributed by atoms with Crippen molar-refractivity contribution in [1.29, 1.82) is 0 Å². The first-order chi connectivity index (χ1) is 13.9. The molecule has 28 heavy (non-hydrogen) atoms. The summed E-state index contributed by atoms with van der Waals surface area (Å²) in [5, 5.41) is 4.86. The van der Waals surface area contributed by atoms with Crippen LogP contribution in [0.3, 0.4) is 0 Å². The molecule has 1 aliphatic heterocycles. The molecule has 2 aromatic rings. The normalized spacial score (nSPS) is 13.5. The maximum Gasteiger partial charge on any atom is 0.146 e. The first kappa shape index (κ1) is 20.3. The van der Waals surface area contributed by atoms with Gasteiger partial charge in [0.2, 0.25) is 0 Å². The van der Waals surface area contributed by atoms with Crippen molar-refractivity contribution in [2.24, 2.45) is 4.99 Å². The fraction of sp³-hybridized carbons (Fsp3) is 0.375. The van der Waals surface area contributed by atoms with Crippen LogP contribution in [0.15, 0.2) is 65.7 Å². The van der Waals surface area contributed by atoms with Gasteiger partial charge in [0.1, 0.15) is 12.6 Å². The molecule has 0 spiro atoms. The van der Waals surface area contributed by atoms with E-state index in [0.29, 0.717) is 6.79 Å². The van der Waals surface area contributed by atoms with E-state index in [2.05, 4.69) is 31.2 Å². The van der Waals surface area contributed by atoms with E-state index in [1.54, 1.807) is 0 Å². The second-order valence-corrected chi connectivity index (χ2v) is 6.81. The van der Waals surface area contributed by atoms with E-state index in [-0.39, 0.29) is 0 Å². The van der Waals surface area contributed by atoms with Crippen LogP contribution in [0.5, 0.6) is 0 Å². The standard InChI is InChI=1S/C24H29N2O2/c1-2-17-27-19-28-18-11-5-10-16-22-25-23(20-12-6-3-7-13-20)24(26-22)21-14-8-4-9-15-21/h3-4,6-9,12-15H,2,5,10-11,16-19H2,1H3. The molecule has 0 atom stereocenters. The van der Waals surface area contributed by atoms with Gasteiger partial charge in [0.25, 0.3) is 0 Å².